The number of halogens is 1. The Hall–Kier alpha value is 0.400. The molecule has 1 heterocycles. The van der Waals surface area contributed by atoms with Gasteiger partial charge in [0, 0.05) is 30.4 Å². The highest BCUT2D eigenvalue weighted by Crippen LogP contribution is 2.28. The smallest absolute Gasteiger partial charge is 0.0497 e. The Morgan fingerprint density at radius 2 is 2.36 bits per heavy atom. The van der Waals surface area contributed by atoms with Gasteiger partial charge in [0.1, 0.15) is 0 Å². The highest BCUT2D eigenvalue weighted by atomic mass is 79.9. The van der Waals surface area contributed by atoms with Crippen LogP contribution in [0.4, 0.5) is 0 Å². The van der Waals surface area contributed by atoms with Crippen molar-refractivity contribution < 1.29 is 5.11 Å². The summed E-state index contributed by atoms with van der Waals surface area (Å²) in [6.45, 7) is 5.78. The van der Waals surface area contributed by atoms with Crippen LogP contribution in [-0.4, -0.2) is 41.6 Å². The first-order valence-electron chi connectivity index (χ1n) is 4.09. The molecule has 1 unspecified atom stereocenters. The Morgan fingerprint density at radius 1 is 1.64 bits per heavy atom. The summed E-state index contributed by atoms with van der Waals surface area (Å²) in [5.74, 6) is 0. The number of alkyl halides is 1. The van der Waals surface area contributed by atoms with Gasteiger partial charge in [-0.25, -0.2) is 0 Å². The van der Waals surface area contributed by atoms with Crippen LogP contribution in [0.5, 0.6) is 0 Å². The summed E-state index contributed by atoms with van der Waals surface area (Å²) >= 11 is 3.41. The molecule has 11 heavy (non-hydrogen) atoms. The minimum Gasteiger partial charge on any atom is -0.396 e. The molecule has 1 atom stereocenters. The lowest BCUT2D eigenvalue weighted by Gasteiger charge is -2.21. The van der Waals surface area contributed by atoms with Crippen LogP contribution in [0, 0.1) is 5.41 Å². The van der Waals surface area contributed by atoms with Crippen molar-refractivity contribution in [3.8, 4) is 0 Å². The fraction of sp³-hybridized carbons (Fsp3) is 1.00. The molecule has 1 N–H and O–H groups in total. The third-order valence-corrected chi connectivity index (χ3v) is 2.77. The number of likely N-dealkylation sites (tertiary alicyclic amines) is 1. The number of aliphatic hydroxyl groups is 1. The van der Waals surface area contributed by atoms with Gasteiger partial charge in [-0.1, -0.05) is 22.9 Å². The van der Waals surface area contributed by atoms with E-state index in [2.05, 4.69) is 27.8 Å². The van der Waals surface area contributed by atoms with Crippen molar-refractivity contribution in [2.75, 3.05) is 31.6 Å². The van der Waals surface area contributed by atoms with Gasteiger partial charge in [-0.15, -0.1) is 0 Å². The molecule has 66 valence electrons. The summed E-state index contributed by atoms with van der Waals surface area (Å²) in [6.07, 6.45) is 1.14. The standard InChI is InChI=1S/C8H16BrNO/c1-8(7-11)2-4-10(6-8)5-3-9/h11H,2-7H2,1H3. The first-order chi connectivity index (χ1) is 5.20. The van der Waals surface area contributed by atoms with Gasteiger partial charge in [-0.3, -0.25) is 0 Å². The molecular weight excluding hydrogens is 206 g/mol. The molecule has 0 aromatic rings. The average molecular weight is 222 g/mol. The number of aliphatic hydroxyl groups excluding tert-OH is 1. The van der Waals surface area contributed by atoms with Crippen LogP contribution in [0.2, 0.25) is 0 Å². The Morgan fingerprint density at radius 3 is 2.82 bits per heavy atom. The van der Waals surface area contributed by atoms with Crippen molar-refractivity contribution in [2.24, 2.45) is 5.41 Å². The van der Waals surface area contributed by atoms with Crippen molar-refractivity contribution >= 4 is 15.9 Å². The van der Waals surface area contributed by atoms with Crippen LogP contribution in [-0.2, 0) is 0 Å². The molecule has 2 nitrogen and oxygen atoms in total. The van der Waals surface area contributed by atoms with Crippen molar-refractivity contribution in [1.82, 2.24) is 4.90 Å². The normalized spacial score (nSPS) is 33.0. The molecule has 1 aliphatic rings. The summed E-state index contributed by atoms with van der Waals surface area (Å²) in [5.41, 5.74) is 0.169. The molecule has 0 aromatic heterocycles. The Balaban J connectivity index is 2.33. The molecular formula is C8H16BrNO. The van der Waals surface area contributed by atoms with E-state index in [-0.39, 0.29) is 5.41 Å². The fourth-order valence-corrected chi connectivity index (χ4v) is 2.07. The SMILES string of the molecule is CC1(CO)CCN(CCBr)C1. The van der Waals surface area contributed by atoms with Gasteiger partial charge < -0.3 is 10.0 Å². The van der Waals surface area contributed by atoms with E-state index >= 15 is 0 Å². The van der Waals surface area contributed by atoms with Gasteiger partial charge in [0.15, 0.2) is 0 Å². The summed E-state index contributed by atoms with van der Waals surface area (Å²) in [7, 11) is 0. The zero-order valence-electron chi connectivity index (χ0n) is 7.02. The predicted molar refractivity (Wildman–Crippen MR) is 50.0 cm³/mol. The number of hydrogen-bond acceptors (Lipinski definition) is 2. The number of nitrogens with zero attached hydrogens (tertiary/aromatic N) is 1. The number of hydrogen-bond donors (Lipinski definition) is 1. The second-order valence-electron chi connectivity index (χ2n) is 3.68. The molecule has 0 spiro atoms. The van der Waals surface area contributed by atoms with Gasteiger partial charge in [-0.05, 0) is 13.0 Å². The molecule has 1 fully saturated rings. The maximum absolute atomic E-state index is 9.07. The van der Waals surface area contributed by atoms with E-state index in [0.29, 0.717) is 6.61 Å². The zero-order chi connectivity index (χ0) is 8.32. The summed E-state index contributed by atoms with van der Waals surface area (Å²) < 4.78 is 0. The van der Waals surface area contributed by atoms with Crippen LogP contribution in [0.15, 0.2) is 0 Å². The van der Waals surface area contributed by atoms with Crippen LogP contribution in [0.1, 0.15) is 13.3 Å². The molecule has 3 heteroatoms. The van der Waals surface area contributed by atoms with Gasteiger partial charge in [0.25, 0.3) is 0 Å². The first kappa shape index (κ1) is 9.49. The molecule has 1 saturated heterocycles. The lowest BCUT2D eigenvalue weighted by atomic mass is 9.91. The van der Waals surface area contributed by atoms with E-state index in [1.54, 1.807) is 0 Å². The fourth-order valence-electron chi connectivity index (χ4n) is 1.57. The van der Waals surface area contributed by atoms with Gasteiger partial charge in [0.05, 0.1) is 0 Å². The molecule has 1 rings (SSSR count). The monoisotopic (exact) mass is 221 g/mol. The molecule has 0 amide bonds. The second-order valence-corrected chi connectivity index (χ2v) is 4.48. The lowest BCUT2D eigenvalue weighted by molar-refractivity contribution is 0.146. The van der Waals surface area contributed by atoms with Crippen molar-refractivity contribution in [3.63, 3.8) is 0 Å². The molecule has 0 radical (unpaired) electrons. The van der Waals surface area contributed by atoms with Gasteiger partial charge in [0.2, 0.25) is 0 Å². The predicted octanol–water partition coefficient (Wildman–Crippen LogP) is 1.09. The quantitative estimate of drug-likeness (QED) is 0.722. The van der Waals surface area contributed by atoms with Crippen LogP contribution >= 0.6 is 15.9 Å². The first-order valence-corrected chi connectivity index (χ1v) is 5.21. The topological polar surface area (TPSA) is 23.5 Å². The van der Waals surface area contributed by atoms with Crippen molar-refractivity contribution in [2.45, 2.75) is 13.3 Å². The van der Waals surface area contributed by atoms with Gasteiger partial charge in [-0.2, -0.15) is 0 Å². The van der Waals surface area contributed by atoms with Crippen LogP contribution < -0.4 is 0 Å². The largest absolute Gasteiger partial charge is 0.396 e. The van der Waals surface area contributed by atoms with Crippen LogP contribution in [0.25, 0.3) is 0 Å². The molecule has 0 bridgehead atoms. The van der Waals surface area contributed by atoms with E-state index in [1.165, 1.54) is 0 Å². The highest BCUT2D eigenvalue weighted by Gasteiger charge is 2.32. The van der Waals surface area contributed by atoms with Crippen molar-refractivity contribution in [1.29, 1.82) is 0 Å². The lowest BCUT2D eigenvalue weighted by Crippen LogP contribution is -2.28. The van der Waals surface area contributed by atoms with Crippen LogP contribution in [0.3, 0.4) is 0 Å². The average Bonchev–Trinajstić information content (AvgIpc) is 2.35. The summed E-state index contributed by atoms with van der Waals surface area (Å²) in [6, 6.07) is 0. The minimum absolute atomic E-state index is 0.169. The van der Waals surface area contributed by atoms with E-state index in [1.807, 2.05) is 0 Å². The van der Waals surface area contributed by atoms with E-state index < -0.39 is 0 Å². The molecule has 0 aliphatic carbocycles. The second kappa shape index (κ2) is 3.87. The van der Waals surface area contributed by atoms with E-state index in [9.17, 15) is 0 Å². The third kappa shape index (κ3) is 2.42. The maximum Gasteiger partial charge on any atom is 0.0497 e. The van der Waals surface area contributed by atoms with Crippen molar-refractivity contribution in [3.05, 3.63) is 0 Å². The van der Waals surface area contributed by atoms with Gasteiger partial charge >= 0.3 is 0 Å². The number of rotatable bonds is 3. The summed E-state index contributed by atoms with van der Waals surface area (Å²) in [4.78, 5) is 2.39. The maximum atomic E-state index is 9.07. The Labute approximate surface area is 76.7 Å². The van der Waals surface area contributed by atoms with E-state index in [4.69, 9.17) is 5.11 Å². The highest BCUT2D eigenvalue weighted by molar-refractivity contribution is 9.09. The molecule has 1 aliphatic heterocycles. The summed E-state index contributed by atoms with van der Waals surface area (Å²) in [5, 5.41) is 10.1. The minimum atomic E-state index is 0.169. The molecule has 0 aromatic carbocycles. The molecule has 0 saturated carbocycles. The Kier molecular flexibility index (Phi) is 3.34. The Bertz CT molecular complexity index is 131. The zero-order valence-corrected chi connectivity index (χ0v) is 8.60. The third-order valence-electron chi connectivity index (χ3n) is 2.42. The van der Waals surface area contributed by atoms with E-state index in [0.717, 1.165) is 31.4 Å².